The molecule has 2 rings (SSSR count). The summed E-state index contributed by atoms with van der Waals surface area (Å²) in [6.07, 6.45) is 0. The summed E-state index contributed by atoms with van der Waals surface area (Å²) < 4.78 is 5.59. The number of nitrogens with zero attached hydrogens (tertiary/aromatic N) is 2. The highest BCUT2D eigenvalue weighted by Gasteiger charge is 2.25. The summed E-state index contributed by atoms with van der Waals surface area (Å²) in [6, 6.07) is 1.77. The standard InChI is InChI=1S/C13H19ClN2O2S/c1-15(2)7-10-8-16(4-5-18-9-10)13(17)12-11(14)3-6-19-12/h3,6,10H,4-5,7-9H2,1-2H3/t10-/m1/s1. The minimum Gasteiger partial charge on any atom is -0.379 e. The Balaban J connectivity index is 2.06. The van der Waals surface area contributed by atoms with Gasteiger partial charge < -0.3 is 14.5 Å². The van der Waals surface area contributed by atoms with Gasteiger partial charge in [-0.05, 0) is 25.5 Å². The maximum Gasteiger partial charge on any atom is 0.265 e. The summed E-state index contributed by atoms with van der Waals surface area (Å²) in [5.41, 5.74) is 0. The van der Waals surface area contributed by atoms with Gasteiger partial charge in [0.25, 0.3) is 5.91 Å². The van der Waals surface area contributed by atoms with E-state index in [1.54, 1.807) is 6.07 Å². The molecule has 106 valence electrons. The van der Waals surface area contributed by atoms with Crippen LogP contribution in [0.15, 0.2) is 11.4 Å². The number of carbonyl (C=O) groups excluding carboxylic acids is 1. The molecule has 1 aliphatic heterocycles. The Kier molecular flexibility index (Phi) is 5.21. The van der Waals surface area contributed by atoms with Crippen LogP contribution in [0.25, 0.3) is 0 Å². The number of thiophene rings is 1. The fourth-order valence-corrected chi connectivity index (χ4v) is 3.38. The number of amides is 1. The number of hydrogen-bond donors (Lipinski definition) is 0. The first kappa shape index (κ1) is 14.8. The molecule has 6 heteroatoms. The molecular weight excluding hydrogens is 284 g/mol. The molecule has 1 saturated heterocycles. The van der Waals surface area contributed by atoms with Crippen LogP contribution in [0.4, 0.5) is 0 Å². The molecule has 1 amide bonds. The van der Waals surface area contributed by atoms with Gasteiger partial charge in [-0.25, -0.2) is 0 Å². The van der Waals surface area contributed by atoms with Gasteiger partial charge in [0, 0.05) is 25.6 Å². The monoisotopic (exact) mass is 302 g/mol. The summed E-state index contributed by atoms with van der Waals surface area (Å²) in [5, 5.41) is 2.39. The minimum atomic E-state index is 0.0225. The maximum absolute atomic E-state index is 12.4. The van der Waals surface area contributed by atoms with E-state index in [9.17, 15) is 4.79 Å². The highest BCUT2D eigenvalue weighted by molar-refractivity contribution is 7.12. The van der Waals surface area contributed by atoms with E-state index in [0.717, 1.165) is 13.1 Å². The van der Waals surface area contributed by atoms with Crippen molar-refractivity contribution in [3.8, 4) is 0 Å². The summed E-state index contributed by atoms with van der Waals surface area (Å²) in [4.78, 5) is 17.1. The first-order valence-corrected chi connectivity index (χ1v) is 7.58. The predicted octanol–water partition coefficient (Wildman–Crippen LogP) is 2.05. The molecular formula is C13H19ClN2O2S. The van der Waals surface area contributed by atoms with E-state index >= 15 is 0 Å². The van der Waals surface area contributed by atoms with Crippen molar-refractivity contribution in [1.82, 2.24) is 9.80 Å². The maximum atomic E-state index is 12.4. The molecule has 0 N–H and O–H groups in total. The first-order chi connectivity index (χ1) is 9.08. The largest absolute Gasteiger partial charge is 0.379 e. The Morgan fingerprint density at radius 3 is 3.05 bits per heavy atom. The Morgan fingerprint density at radius 1 is 1.63 bits per heavy atom. The predicted molar refractivity (Wildman–Crippen MR) is 78.1 cm³/mol. The molecule has 0 aromatic carbocycles. The van der Waals surface area contributed by atoms with E-state index in [4.69, 9.17) is 16.3 Å². The van der Waals surface area contributed by atoms with E-state index in [1.165, 1.54) is 11.3 Å². The number of carbonyl (C=O) groups is 1. The molecule has 0 radical (unpaired) electrons. The van der Waals surface area contributed by atoms with Crippen LogP contribution in [0.3, 0.4) is 0 Å². The van der Waals surface area contributed by atoms with E-state index < -0.39 is 0 Å². The van der Waals surface area contributed by atoms with E-state index in [1.807, 2.05) is 24.4 Å². The summed E-state index contributed by atoms with van der Waals surface area (Å²) in [6.45, 7) is 3.59. The molecule has 4 nitrogen and oxygen atoms in total. The third kappa shape index (κ3) is 3.92. The Morgan fingerprint density at radius 2 is 2.42 bits per heavy atom. The zero-order valence-electron chi connectivity index (χ0n) is 11.3. The van der Waals surface area contributed by atoms with Gasteiger partial charge in [-0.3, -0.25) is 4.79 Å². The molecule has 0 saturated carbocycles. The van der Waals surface area contributed by atoms with Crippen molar-refractivity contribution in [3.05, 3.63) is 21.3 Å². The van der Waals surface area contributed by atoms with Gasteiger partial charge in [0.05, 0.1) is 18.2 Å². The van der Waals surface area contributed by atoms with Gasteiger partial charge in [0.1, 0.15) is 4.88 Å². The Labute approximate surface area is 122 Å². The number of rotatable bonds is 3. The van der Waals surface area contributed by atoms with Gasteiger partial charge in [-0.2, -0.15) is 0 Å². The van der Waals surface area contributed by atoms with Gasteiger partial charge >= 0.3 is 0 Å². The number of hydrogen-bond acceptors (Lipinski definition) is 4. The van der Waals surface area contributed by atoms with Crippen molar-refractivity contribution in [3.63, 3.8) is 0 Å². The van der Waals surface area contributed by atoms with E-state index in [2.05, 4.69) is 4.90 Å². The van der Waals surface area contributed by atoms with Crippen LogP contribution in [-0.4, -0.2) is 62.7 Å². The second-order valence-corrected chi connectivity index (χ2v) is 6.38. The van der Waals surface area contributed by atoms with Gasteiger partial charge in [0.2, 0.25) is 0 Å². The lowest BCUT2D eigenvalue weighted by atomic mass is 10.1. The van der Waals surface area contributed by atoms with Gasteiger partial charge in [-0.15, -0.1) is 11.3 Å². The van der Waals surface area contributed by atoms with Crippen LogP contribution in [0.2, 0.25) is 5.02 Å². The van der Waals surface area contributed by atoms with Gasteiger partial charge in [-0.1, -0.05) is 11.6 Å². The first-order valence-electron chi connectivity index (χ1n) is 6.32. The number of ether oxygens (including phenoxy) is 1. The molecule has 1 aromatic rings. The SMILES string of the molecule is CN(C)C[C@H]1COCCN(C(=O)c2sccc2Cl)C1. The van der Waals surface area contributed by atoms with Crippen molar-refractivity contribution in [2.75, 3.05) is 46.9 Å². The van der Waals surface area contributed by atoms with Crippen LogP contribution in [-0.2, 0) is 4.74 Å². The molecule has 0 unspecified atom stereocenters. The van der Waals surface area contributed by atoms with E-state index in [0.29, 0.717) is 35.6 Å². The molecule has 1 aromatic heterocycles. The highest BCUT2D eigenvalue weighted by Crippen LogP contribution is 2.24. The minimum absolute atomic E-state index is 0.0225. The highest BCUT2D eigenvalue weighted by atomic mass is 35.5. The smallest absolute Gasteiger partial charge is 0.265 e. The van der Waals surface area contributed by atoms with Crippen molar-refractivity contribution in [2.45, 2.75) is 0 Å². The molecule has 1 aliphatic rings. The van der Waals surface area contributed by atoms with Crippen molar-refractivity contribution in [2.24, 2.45) is 5.92 Å². The lowest BCUT2D eigenvalue weighted by molar-refractivity contribution is 0.0740. The van der Waals surface area contributed by atoms with Crippen LogP contribution < -0.4 is 0 Å². The van der Waals surface area contributed by atoms with Crippen LogP contribution in [0.5, 0.6) is 0 Å². The molecule has 0 bridgehead atoms. The normalized spacial score (nSPS) is 20.6. The quantitative estimate of drug-likeness (QED) is 0.857. The van der Waals surface area contributed by atoms with Crippen LogP contribution >= 0.6 is 22.9 Å². The lowest BCUT2D eigenvalue weighted by Crippen LogP contribution is -2.38. The Hall–Kier alpha value is -0.620. The fraction of sp³-hybridized carbons (Fsp3) is 0.615. The number of halogens is 1. The Bertz CT molecular complexity index is 436. The average molecular weight is 303 g/mol. The van der Waals surface area contributed by atoms with Crippen LogP contribution in [0, 0.1) is 5.92 Å². The summed E-state index contributed by atoms with van der Waals surface area (Å²) in [5.74, 6) is 0.370. The van der Waals surface area contributed by atoms with Crippen molar-refractivity contribution < 1.29 is 9.53 Å². The fourth-order valence-electron chi connectivity index (χ4n) is 2.28. The van der Waals surface area contributed by atoms with E-state index in [-0.39, 0.29) is 5.91 Å². The third-order valence-corrected chi connectivity index (χ3v) is 4.39. The third-order valence-electron chi connectivity index (χ3n) is 3.06. The molecule has 1 atom stereocenters. The van der Waals surface area contributed by atoms with Crippen LogP contribution in [0.1, 0.15) is 9.67 Å². The van der Waals surface area contributed by atoms with Crippen molar-refractivity contribution >= 4 is 28.8 Å². The van der Waals surface area contributed by atoms with Crippen molar-refractivity contribution in [1.29, 1.82) is 0 Å². The zero-order valence-corrected chi connectivity index (χ0v) is 12.8. The van der Waals surface area contributed by atoms with Gasteiger partial charge in [0.15, 0.2) is 0 Å². The topological polar surface area (TPSA) is 32.8 Å². The zero-order chi connectivity index (χ0) is 13.8. The lowest BCUT2D eigenvalue weighted by Gasteiger charge is -2.25. The summed E-state index contributed by atoms with van der Waals surface area (Å²) >= 11 is 7.44. The molecule has 0 aliphatic carbocycles. The molecule has 1 fully saturated rings. The second-order valence-electron chi connectivity index (χ2n) is 5.05. The molecule has 0 spiro atoms. The molecule has 2 heterocycles. The summed E-state index contributed by atoms with van der Waals surface area (Å²) in [7, 11) is 4.07. The second kappa shape index (κ2) is 6.70. The molecule has 19 heavy (non-hydrogen) atoms. The average Bonchev–Trinajstić information content (AvgIpc) is 2.63.